The lowest BCUT2D eigenvalue weighted by molar-refractivity contribution is -0.142. The summed E-state index contributed by atoms with van der Waals surface area (Å²) >= 11 is 0.789. The number of hydrogen-bond donors (Lipinski definition) is 4. The first-order chi connectivity index (χ1) is 9.86. The fourth-order valence-electron chi connectivity index (χ4n) is 1.36. The molecule has 0 heterocycles. The van der Waals surface area contributed by atoms with Gasteiger partial charge in [0.15, 0.2) is 0 Å². The summed E-state index contributed by atoms with van der Waals surface area (Å²) in [5.74, 6) is -2.12. The van der Waals surface area contributed by atoms with Crippen LogP contribution < -0.4 is 15.4 Å². The second-order valence-corrected chi connectivity index (χ2v) is 5.36. The van der Waals surface area contributed by atoms with Gasteiger partial charge in [0.2, 0.25) is 16.9 Å². The van der Waals surface area contributed by atoms with Gasteiger partial charge in [0, 0.05) is 6.92 Å². The monoisotopic (exact) mass is 319 g/mol. The zero-order chi connectivity index (χ0) is 16.3. The first-order valence-electron chi connectivity index (χ1n) is 6.56. The van der Waals surface area contributed by atoms with Crippen molar-refractivity contribution < 1.29 is 24.3 Å². The van der Waals surface area contributed by atoms with Gasteiger partial charge >= 0.3 is 5.97 Å². The van der Waals surface area contributed by atoms with E-state index in [9.17, 15) is 19.2 Å². The number of aliphatic carboxylic acids is 1. The Hall–Kier alpha value is -1.61. The smallest absolute Gasteiger partial charge is 0.326 e. The minimum absolute atomic E-state index is 0.115. The van der Waals surface area contributed by atoms with E-state index in [4.69, 9.17) is 5.11 Å². The molecule has 8 nitrogen and oxygen atoms in total. The molecule has 0 fully saturated rings. The van der Waals surface area contributed by atoms with E-state index in [2.05, 4.69) is 15.4 Å². The molecule has 9 heteroatoms. The van der Waals surface area contributed by atoms with E-state index in [1.807, 2.05) is 6.92 Å². The third-order valence-electron chi connectivity index (χ3n) is 2.37. The molecule has 0 aliphatic carbocycles. The summed E-state index contributed by atoms with van der Waals surface area (Å²) < 4.78 is 2.52. The molecule has 2 amide bonds. The second-order valence-electron chi connectivity index (χ2n) is 4.29. The fraction of sp³-hybridized carbons (Fsp3) is 0.667. The lowest BCUT2D eigenvalue weighted by Crippen LogP contribution is -2.46. The molecule has 0 rings (SSSR count). The summed E-state index contributed by atoms with van der Waals surface area (Å²) in [7, 11) is 0. The van der Waals surface area contributed by atoms with E-state index < -0.39 is 23.8 Å². The van der Waals surface area contributed by atoms with Crippen LogP contribution in [0.25, 0.3) is 0 Å². The van der Waals surface area contributed by atoms with E-state index >= 15 is 0 Å². The molecule has 0 saturated heterocycles. The predicted octanol–water partition coefficient (Wildman–Crippen LogP) is -0.353. The summed E-state index contributed by atoms with van der Waals surface area (Å²) in [6, 6.07) is -0.944. The Morgan fingerprint density at radius 1 is 1.14 bits per heavy atom. The molecule has 0 aromatic carbocycles. The summed E-state index contributed by atoms with van der Waals surface area (Å²) in [4.78, 5) is 44.4. The largest absolute Gasteiger partial charge is 0.480 e. The van der Waals surface area contributed by atoms with Gasteiger partial charge in [-0.1, -0.05) is 19.8 Å². The molecule has 0 spiro atoms. The topological polar surface area (TPSA) is 125 Å². The number of carbonyl (C=O) groups is 4. The van der Waals surface area contributed by atoms with Gasteiger partial charge in [0.05, 0.1) is 13.1 Å². The molecule has 0 saturated carbocycles. The minimum atomic E-state index is -1.09. The highest BCUT2D eigenvalue weighted by Gasteiger charge is 2.19. The van der Waals surface area contributed by atoms with Crippen molar-refractivity contribution >= 4 is 34.8 Å². The maximum absolute atomic E-state index is 11.5. The van der Waals surface area contributed by atoms with Crippen LogP contribution in [0.3, 0.4) is 0 Å². The van der Waals surface area contributed by atoms with Gasteiger partial charge in [-0.3, -0.25) is 14.4 Å². The van der Waals surface area contributed by atoms with Gasteiger partial charge in [0.1, 0.15) is 6.04 Å². The number of carboxylic acids is 1. The fourth-order valence-corrected chi connectivity index (χ4v) is 1.76. The minimum Gasteiger partial charge on any atom is -0.480 e. The number of nitrogens with one attached hydrogen (secondary N) is 3. The third kappa shape index (κ3) is 10.8. The summed E-state index contributed by atoms with van der Waals surface area (Å²) in [6.45, 7) is 2.86. The van der Waals surface area contributed by atoms with Crippen molar-refractivity contribution in [3.63, 3.8) is 0 Å². The lowest BCUT2D eigenvalue weighted by atomic mass is 10.1. The van der Waals surface area contributed by atoms with Crippen molar-refractivity contribution in [2.75, 3.05) is 13.1 Å². The van der Waals surface area contributed by atoms with Crippen LogP contribution in [0.2, 0.25) is 0 Å². The Bertz CT molecular complexity index is 389. The van der Waals surface area contributed by atoms with Gasteiger partial charge in [-0.2, -0.15) is 0 Å². The van der Waals surface area contributed by atoms with Crippen LogP contribution in [0, 0.1) is 0 Å². The van der Waals surface area contributed by atoms with Crippen LogP contribution in [0.1, 0.15) is 33.1 Å². The standard InChI is InChI=1S/C12H21N3O5S/c1-3-4-5-9(12(19)20)15-11(18)6-13-10(17)7-14-21-8(2)16/h9,14H,3-7H2,1-2H3,(H,13,17)(H,15,18)(H,19,20). The molecule has 21 heavy (non-hydrogen) atoms. The van der Waals surface area contributed by atoms with Crippen molar-refractivity contribution in [1.82, 2.24) is 15.4 Å². The first-order valence-corrected chi connectivity index (χ1v) is 7.37. The molecule has 0 aromatic heterocycles. The number of rotatable bonds is 10. The maximum Gasteiger partial charge on any atom is 0.326 e. The number of unbranched alkanes of at least 4 members (excludes halogenated alkanes) is 1. The van der Waals surface area contributed by atoms with Gasteiger partial charge in [-0.05, 0) is 18.4 Å². The van der Waals surface area contributed by atoms with E-state index in [1.54, 1.807) is 0 Å². The Morgan fingerprint density at radius 2 is 1.81 bits per heavy atom. The Kier molecular flexibility index (Phi) is 10.2. The van der Waals surface area contributed by atoms with Crippen LogP contribution >= 0.6 is 11.9 Å². The predicted molar refractivity (Wildman–Crippen MR) is 78.4 cm³/mol. The number of hydrogen-bond acceptors (Lipinski definition) is 6. The highest BCUT2D eigenvalue weighted by molar-refractivity contribution is 8.11. The molecule has 0 aromatic rings. The van der Waals surface area contributed by atoms with E-state index in [1.165, 1.54) is 6.92 Å². The first kappa shape index (κ1) is 19.4. The Morgan fingerprint density at radius 3 is 2.33 bits per heavy atom. The molecule has 0 aliphatic rings. The van der Waals surface area contributed by atoms with E-state index in [-0.39, 0.29) is 18.2 Å². The van der Waals surface area contributed by atoms with Crippen LogP contribution in [0.5, 0.6) is 0 Å². The number of amides is 2. The van der Waals surface area contributed by atoms with Crippen molar-refractivity contribution in [3.8, 4) is 0 Å². The number of carboxylic acid groups (broad SMARTS) is 1. The summed E-state index contributed by atoms with van der Waals surface area (Å²) in [6.07, 6.45) is 1.87. The zero-order valence-electron chi connectivity index (χ0n) is 12.1. The maximum atomic E-state index is 11.5. The van der Waals surface area contributed by atoms with Gasteiger partial charge in [-0.25, -0.2) is 9.52 Å². The molecular weight excluding hydrogens is 298 g/mol. The van der Waals surface area contributed by atoms with Gasteiger partial charge < -0.3 is 15.7 Å². The Labute approximate surface area is 127 Å². The van der Waals surface area contributed by atoms with E-state index in [0.717, 1.165) is 18.4 Å². The summed E-state index contributed by atoms with van der Waals surface area (Å²) in [5.41, 5.74) is 0. The van der Waals surface area contributed by atoms with Crippen molar-refractivity contribution in [2.24, 2.45) is 0 Å². The molecule has 1 atom stereocenters. The molecular formula is C12H21N3O5S. The van der Waals surface area contributed by atoms with Crippen molar-refractivity contribution in [3.05, 3.63) is 0 Å². The van der Waals surface area contributed by atoms with Crippen LogP contribution in [0.15, 0.2) is 0 Å². The Balaban J connectivity index is 3.98. The van der Waals surface area contributed by atoms with Crippen molar-refractivity contribution in [1.29, 1.82) is 0 Å². The highest BCUT2D eigenvalue weighted by Crippen LogP contribution is 2.00. The number of carbonyl (C=O) groups excluding carboxylic acids is 3. The highest BCUT2D eigenvalue weighted by atomic mass is 32.2. The average molecular weight is 319 g/mol. The van der Waals surface area contributed by atoms with E-state index in [0.29, 0.717) is 12.8 Å². The molecule has 120 valence electrons. The van der Waals surface area contributed by atoms with Crippen molar-refractivity contribution in [2.45, 2.75) is 39.2 Å². The lowest BCUT2D eigenvalue weighted by Gasteiger charge is -2.14. The van der Waals surface area contributed by atoms with Crippen LogP contribution in [0.4, 0.5) is 0 Å². The molecule has 0 bridgehead atoms. The zero-order valence-corrected chi connectivity index (χ0v) is 12.9. The molecule has 0 radical (unpaired) electrons. The molecule has 4 N–H and O–H groups in total. The SMILES string of the molecule is CCCCC(NC(=O)CNC(=O)CNSC(C)=O)C(=O)O. The summed E-state index contributed by atoms with van der Waals surface area (Å²) in [5, 5.41) is 13.4. The average Bonchev–Trinajstić information content (AvgIpc) is 2.40. The van der Waals surface area contributed by atoms with Gasteiger partial charge in [-0.15, -0.1) is 0 Å². The second kappa shape index (κ2) is 11.1. The normalized spacial score (nSPS) is 11.5. The quantitative estimate of drug-likeness (QED) is 0.405. The van der Waals surface area contributed by atoms with Crippen LogP contribution in [-0.2, 0) is 19.2 Å². The third-order valence-corrected chi connectivity index (χ3v) is 2.95. The molecule has 0 aliphatic heterocycles. The van der Waals surface area contributed by atoms with Crippen LogP contribution in [-0.4, -0.2) is 47.1 Å². The molecule has 1 unspecified atom stereocenters. The van der Waals surface area contributed by atoms with Gasteiger partial charge in [0.25, 0.3) is 0 Å².